The van der Waals surface area contributed by atoms with Gasteiger partial charge in [0.05, 0.1) is 0 Å². The van der Waals surface area contributed by atoms with Crippen LogP contribution in [0, 0.1) is 0 Å². The van der Waals surface area contributed by atoms with E-state index in [1.807, 2.05) is 13.8 Å². The van der Waals surface area contributed by atoms with E-state index in [0.29, 0.717) is 0 Å². The highest BCUT2D eigenvalue weighted by Gasteiger charge is 2.22. The van der Waals surface area contributed by atoms with Crippen molar-refractivity contribution in [1.29, 1.82) is 0 Å². The molecular formula is C21H24NO+. The molecule has 1 aromatic rings. The molecule has 0 N–H and O–H groups in total. The first-order chi connectivity index (χ1) is 11.2. The van der Waals surface area contributed by atoms with Crippen molar-refractivity contribution >= 4 is 6.08 Å². The van der Waals surface area contributed by atoms with Crippen LogP contribution in [0.5, 0.6) is 0 Å². The standard InChI is InChI=1S/C21H24NO/c1-15-11-17(12-16(2)23-15)7-8-18-13-19-5-3-9-22-10-4-6-20(14-18)21(19)22/h7-8,11-14H,3-6,9-10H2,1-2H3/q+1. The van der Waals surface area contributed by atoms with E-state index in [1.54, 1.807) is 16.5 Å². The topological polar surface area (TPSA) is 12.2 Å². The molecule has 3 aliphatic rings. The van der Waals surface area contributed by atoms with Crippen molar-refractivity contribution in [3.8, 4) is 0 Å². The summed E-state index contributed by atoms with van der Waals surface area (Å²) in [4.78, 5) is 0. The molecule has 2 heteroatoms. The van der Waals surface area contributed by atoms with Gasteiger partial charge in [0.15, 0.2) is 0 Å². The Labute approximate surface area is 137 Å². The third kappa shape index (κ3) is 2.90. The van der Waals surface area contributed by atoms with E-state index in [2.05, 4.69) is 41.0 Å². The molecule has 23 heavy (non-hydrogen) atoms. The van der Waals surface area contributed by atoms with Gasteiger partial charge in [-0.15, -0.1) is 0 Å². The molecule has 3 heterocycles. The molecule has 0 amide bonds. The van der Waals surface area contributed by atoms with Crippen molar-refractivity contribution in [2.75, 3.05) is 13.1 Å². The summed E-state index contributed by atoms with van der Waals surface area (Å²) in [7, 11) is 0. The third-order valence-corrected chi connectivity index (χ3v) is 4.88. The molecule has 0 atom stereocenters. The highest BCUT2D eigenvalue weighted by molar-refractivity contribution is 5.49. The van der Waals surface area contributed by atoms with Gasteiger partial charge >= 0.3 is 0 Å². The van der Waals surface area contributed by atoms with Crippen LogP contribution in [0.1, 0.15) is 37.8 Å². The molecule has 0 aliphatic carbocycles. The van der Waals surface area contributed by atoms with E-state index in [-0.39, 0.29) is 0 Å². The lowest BCUT2D eigenvalue weighted by atomic mass is 9.95. The zero-order valence-corrected chi connectivity index (χ0v) is 14.1. The Kier molecular flexibility index (Phi) is 3.68. The van der Waals surface area contributed by atoms with E-state index in [9.17, 15) is 0 Å². The van der Waals surface area contributed by atoms with Crippen molar-refractivity contribution < 1.29 is 4.74 Å². The van der Waals surface area contributed by atoms with E-state index in [1.165, 1.54) is 49.6 Å². The maximum atomic E-state index is 5.56. The zero-order chi connectivity index (χ0) is 15.8. The van der Waals surface area contributed by atoms with Gasteiger partial charge in [0.1, 0.15) is 24.6 Å². The predicted octanol–water partition coefficient (Wildman–Crippen LogP) is 2.61. The fourth-order valence-electron chi connectivity index (χ4n) is 4.04. The maximum Gasteiger partial charge on any atom is 0.206 e. The van der Waals surface area contributed by atoms with E-state index in [4.69, 9.17) is 4.74 Å². The van der Waals surface area contributed by atoms with Crippen molar-refractivity contribution in [1.82, 2.24) is 4.58 Å². The minimum atomic E-state index is 0.959. The Hall–Kier alpha value is -2.09. The Balaban J connectivity index is 1.80. The summed E-state index contributed by atoms with van der Waals surface area (Å²) in [5.41, 5.74) is 4.30. The van der Waals surface area contributed by atoms with Crippen molar-refractivity contribution in [2.45, 2.75) is 39.5 Å². The normalized spacial score (nSPS) is 19.4. The monoisotopic (exact) mass is 306 g/mol. The van der Waals surface area contributed by atoms with Gasteiger partial charge in [-0.25, -0.2) is 4.58 Å². The average molecular weight is 306 g/mol. The van der Waals surface area contributed by atoms with Crippen LogP contribution in [0.25, 0.3) is 6.08 Å². The molecule has 0 saturated carbocycles. The summed E-state index contributed by atoms with van der Waals surface area (Å²) >= 11 is 0. The SMILES string of the molecule is CC1=CC(=CC=c2cc3c4c(c2)CCC[N+]=4CCC3)C=C(C)O1. The molecule has 0 radical (unpaired) electrons. The second kappa shape index (κ2) is 5.84. The fourth-order valence-corrected chi connectivity index (χ4v) is 4.04. The summed E-state index contributed by atoms with van der Waals surface area (Å²) in [6.07, 6.45) is 13.7. The molecule has 0 aromatic heterocycles. The Morgan fingerprint density at radius 3 is 2.13 bits per heavy atom. The Bertz CT molecular complexity index is 809. The molecule has 0 bridgehead atoms. The van der Waals surface area contributed by atoms with Crippen molar-refractivity contribution in [3.05, 3.63) is 69.2 Å². The van der Waals surface area contributed by atoms with Gasteiger partial charge in [-0.2, -0.15) is 0 Å². The summed E-state index contributed by atoms with van der Waals surface area (Å²) in [6.45, 7) is 6.48. The summed E-state index contributed by atoms with van der Waals surface area (Å²) < 4.78 is 8.15. The summed E-state index contributed by atoms with van der Waals surface area (Å²) in [6, 6.07) is 4.78. The van der Waals surface area contributed by atoms with E-state index in [0.717, 1.165) is 11.5 Å². The summed E-state index contributed by atoms with van der Waals surface area (Å²) in [5, 5.41) is 2.88. The number of rotatable bonds is 1. The van der Waals surface area contributed by atoms with Gasteiger partial charge in [-0.3, -0.25) is 0 Å². The Morgan fingerprint density at radius 1 is 0.913 bits per heavy atom. The molecule has 3 aliphatic heterocycles. The number of nitrogens with zero attached hydrogens (tertiary/aromatic N) is 1. The number of benzene rings is 1. The van der Waals surface area contributed by atoms with E-state index < -0.39 is 0 Å². The molecule has 0 saturated heterocycles. The lowest BCUT2D eigenvalue weighted by Crippen LogP contribution is -2.44. The number of hydrogen-bond acceptors (Lipinski definition) is 1. The fraction of sp³-hybridized carbons (Fsp3) is 0.381. The minimum Gasteiger partial charge on any atom is -0.467 e. The smallest absolute Gasteiger partial charge is 0.206 e. The number of aryl methyl sites for hydroxylation is 2. The highest BCUT2D eigenvalue weighted by Crippen LogP contribution is 2.18. The lowest BCUT2D eigenvalue weighted by Gasteiger charge is -2.18. The molecule has 4 rings (SSSR count). The molecule has 2 nitrogen and oxygen atoms in total. The summed E-state index contributed by atoms with van der Waals surface area (Å²) in [5.74, 6) is 1.92. The van der Waals surface area contributed by atoms with Crippen LogP contribution in [0.4, 0.5) is 0 Å². The third-order valence-electron chi connectivity index (χ3n) is 4.88. The van der Waals surface area contributed by atoms with Gasteiger partial charge < -0.3 is 4.74 Å². The first-order valence-electron chi connectivity index (χ1n) is 8.69. The van der Waals surface area contributed by atoms with Gasteiger partial charge in [0.25, 0.3) is 0 Å². The Morgan fingerprint density at radius 2 is 1.52 bits per heavy atom. The minimum absolute atomic E-state index is 0.959. The second-order valence-corrected chi connectivity index (χ2v) is 6.83. The van der Waals surface area contributed by atoms with Gasteiger partial charge in [-0.05, 0) is 61.8 Å². The van der Waals surface area contributed by atoms with Crippen LogP contribution in [-0.2, 0) is 17.6 Å². The van der Waals surface area contributed by atoms with Crippen LogP contribution in [0.3, 0.4) is 0 Å². The average Bonchev–Trinajstić information content (AvgIpc) is 2.53. The quantitative estimate of drug-likeness (QED) is 0.727. The number of hydrogen-bond donors (Lipinski definition) is 0. The maximum absolute atomic E-state index is 5.56. The van der Waals surface area contributed by atoms with Gasteiger partial charge in [0, 0.05) is 24.0 Å². The number of ether oxygens (including phenoxy) is 1. The van der Waals surface area contributed by atoms with Crippen LogP contribution in [0.2, 0.25) is 0 Å². The first-order valence-corrected chi connectivity index (χ1v) is 8.69. The van der Waals surface area contributed by atoms with E-state index >= 15 is 0 Å². The molecule has 0 spiro atoms. The van der Waals surface area contributed by atoms with Crippen LogP contribution in [-0.4, -0.2) is 13.1 Å². The van der Waals surface area contributed by atoms with Gasteiger partial charge in [-0.1, -0.05) is 12.2 Å². The van der Waals surface area contributed by atoms with Crippen LogP contribution >= 0.6 is 0 Å². The lowest BCUT2D eigenvalue weighted by molar-refractivity contribution is 0.304. The largest absolute Gasteiger partial charge is 0.467 e. The molecule has 118 valence electrons. The second-order valence-electron chi connectivity index (χ2n) is 6.83. The highest BCUT2D eigenvalue weighted by atomic mass is 16.5. The first kappa shape index (κ1) is 14.5. The van der Waals surface area contributed by atoms with Crippen LogP contribution in [0.15, 0.2) is 47.5 Å². The van der Waals surface area contributed by atoms with Crippen molar-refractivity contribution in [3.63, 3.8) is 0 Å². The number of allylic oxidation sites excluding steroid dienone is 6. The molecule has 1 aromatic carbocycles. The predicted molar refractivity (Wildman–Crippen MR) is 94.5 cm³/mol. The van der Waals surface area contributed by atoms with Crippen LogP contribution < -0.4 is 15.2 Å². The molecule has 0 fully saturated rings. The van der Waals surface area contributed by atoms with Gasteiger partial charge in [0.2, 0.25) is 5.36 Å². The van der Waals surface area contributed by atoms with Crippen molar-refractivity contribution in [2.24, 2.45) is 0 Å². The zero-order valence-electron chi connectivity index (χ0n) is 14.1. The molecular weight excluding hydrogens is 282 g/mol. The molecule has 0 unspecified atom stereocenters.